The van der Waals surface area contributed by atoms with Crippen molar-refractivity contribution < 1.29 is 18.7 Å². The van der Waals surface area contributed by atoms with Crippen LogP contribution in [0.5, 0.6) is 11.6 Å². The van der Waals surface area contributed by atoms with E-state index in [1.54, 1.807) is 32.4 Å². The molecule has 0 saturated carbocycles. The zero-order chi connectivity index (χ0) is 20.3. The third kappa shape index (κ3) is 4.14. The Hall–Kier alpha value is -3.35. The summed E-state index contributed by atoms with van der Waals surface area (Å²) in [5, 5.41) is 3.49. The van der Waals surface area contributed by atoms with Gasteiger partial charge in [-0.3, -0.25) is 4.79 Å². The molecule has 1 N–H and O–H groups in total. The lowest BCUT2D eigenvalue weighted by Crippen LogP contribution is -2.28. The van der Waals surface area contributed by atoms with Crippen molar-refractivity contribution in [3.63, 3.8) is 0 Å². The zero-order valence-electron chi connectivity index (χ0n) is 16.3. The predicted octanol–water partition coefficient (Wildman–Crippen LogP) is 2.82. The summed E-state index contributed by atoms with van der Waals surface area (Å²) in [6.07, 6.45) is 1.64. The molecular weight excluding hydrogens is 360 g/mol. The van der Waals surface area contributed by atoms with Gasteiger partial charge in [0.05, 0.1) is 12.5 Å². The molecule has 0 radical (unpaired) electrons. The fourth-order valence-corrected chi connectivity index (χ4v) is 2.83. The molecule has 0 atom stereocenters. The van der Waals surface area contributed by atoms with E-state index in [1.165, 1.54) is 0 Å². The summed E-state index contributed by atoms with van der Waals surface area (Å²) in [5.41, 5.74) is 3.12. The van der Waals surface area contributed by atoms with E-state index in [2.05, 4.69) is 10.3 Å². The lowest BCUT2D eigenvalue weighted by atomic mass is 10.0. The highest BCUT2D eigenvalue weighted by molar-refractivity contribution is 5.88. The smallest absolute Gasteiger partial charge is 0.339 e. The van der Waals surface area contributed by atoms with Crippen molar-refractivity contribution in [3.05, 3.63) is 63.1 Å². The molecular formula is C21H22N2O5. The van der Waals surface area contributed by atoms with Gasteiger partial charge in [0.15, 0.2) is 6.61 Å². The Morgan fingerprint density at radius 3 is 2.64 bits per heavy atom. The van der Waals surface area contributed by atoms with Crippen LogP contribution >= 0.6 is 0 Å². The Morgan fingerprint density at radius 1 is 1.18 bits per heavy atom. The van der Waals surface area contributed by atoms with Crippen LogP contribution in [0, 0.1) is 20.8 Å². The molecule has 7 nitrogen and oxygen atoms in total. The third-order valence-electron chi connectivity index (χ3n) is 4.51. The molecule has 0 aliphatic carbocycles. The Labute approximate surface area is 162 Å². The van der Waals surface area contributed by atoms with Gasteiger partial charge >= 0.3 is 5.63 Å². The first kappa shape index (κ1) is 19.4. The number of aromatic nitrogens is 1. The number of aryl methyl sites for hydroxylation is 2. The largest absolute Gasteiger partial charge is 0.483 e. The van der Waals surface area contributed by atoms with Crippen molar-refractivity contribution in [2.45, 2.75) is 27.3 Å². The minimum absolute atomic E-state index is 0.153. The summed E-state index contributed by atoms with van der Waals surface area (Å²) in [7, 11) is 1.55. The van der Waals surface area contributed by atoms with Gasteiger partial charge in [0.1, 0.15) is 11.3 Å². The number of carbonyl (C=O) groups excluding carboxylic acids is 1. The van der Waals surface area contributed by atoms with Crippen molar-refractivity contribution in [2.24, 2.45) is 0 Å². The second kappa shape index (κ2) is 8.12. The van der Waals surface area contributed by atoms with Crippen molar-refractivity contribution in [1.82, 2.24) is 10.3 Å². The summed E-state index contributed by atoms with van der Waals surface area (Å²) in [6, 6.07) is 7.17. The molecule has 2 heterocycles. The van der Waals surface area contributed by atoms with Crippen LogP contribution in [0.4, 0.5) is 0 Å². The molecule has 0 spiro atoms. The SMILES string of the molecule is COc1ccc(CNC(=O)COc2cc(C)cc3oc(=O)c(C)c(C)c23)cn1. The van der Waals surface area contributed by atoms with Gasteiger partial charge < -0.3 is 19.2 Å². The number of carbonyl (C=O) groups is 1. The van der Waals surface area contributed by atoms with Gasteiger partial charge in [-0.1, -0.05) is 6.07 Å². The van der Waals surface area contributed by atoms with Gasteiger partial charge in [-0.25, -0.2) is 9.78 Å². The average Bonchev–Trinajstić information content (AvgIpc) is 2.68. The fraction of sp³-hybridized carbons (Fsp3) is 0.286. The Balaban J connectivity index is 1.71. The Morgan fingerprint density at radius 2 is 1.96 bits per heavy atom. The molecule has 3 aromatic rings. The molecule has 1 aromatic carbocycles. The lowest BCUT2D eigenvalue weighted by molar-refractivity contribution is -0.123. The van der Waals surface area contributed by atoms with E-state index >= 15 is 0 Å². The first-order valence-electron chi connectivity index (χ1n) is 8.82. The zero-order valence-corrected chi connectivity index (χ0v) is 16.3. The number of nitrogens with one attached hydrogen (secondary N) is 1. The number of fused-ring (bicyclic) bond motifs is 1. The minimum atomic E-state index is -0.368. The Kier molecular flexibility index (Phi) is 5.63. The van der Waals surface area contributed by atoms with Crippen molar-refractivity contribution in [3.8, 4) is 11.6 Å². The highest BCUT2D eigenvalue weighted by Gasteiger charge is 2.14. The highest BCUT2D eigenvalue weighted by atomic mass is 16.5. The quantitative estimate of drug-likeness (QED) is 0.659. The second-order valence-electron chi connectivity index (χ2n) is 6.55. The maximum Gasteiger partial charge on any atom is 0.339 e. The van der Waals surface area contributed by atoms with Crippen LogP contribution < -0.4 is 20.4 Å². The van der Waals surface area contributed by atoms with Gasteiger partial charge in [0.2, 0.25) is 5.88 Å². The average molecular weight is 382 g/mol. The van der Waals surface area contributed by atoms with Gasteiger partial charge in [-0.05, 0) is 49.6 Å². The van der Waals surface area contributed by atoms with E-state index in [9.17, 15) is 9.59 Å². The minimum Gasteiger partial charge on any atom is -0.483 e. The maximum absolute atomic E-state index is 12.2. The molecule has 0 unspecified atom stereocenters. The van der Waals surface area contributed by atoms with Crippen LogP contribution in [0.3, 0.4) is 0 Å². The molecule has 28 heavy (non-hydrogen) atoms. The molecule has 0 saturated heterocycles. The normalized spacial score (nSPS) is 10.7. The summed E-state index contributed by atoms with van der Waals surface area (Å²) in [6.45, 7) is 5.60. The lowest BCUT2D eigenvalue weighted by Gasteiger charge is -2.13. The molecule has 146 valence electrons. The first-order valence-corrected chi connectivity index (χ1v) is 8.82. The van der Waals surface area contributed by atoms with E-state index in [0.717, 1.165) is 16.7 Å². The monoisotopic (exact) mass is 382 g/mol. The van der Waals surface area contributed by atoms with E-state index in [1.807, 2.05) is 26.0 Å². The summed E-state index contributed by atoms with van der Waals surface area (Å²) in [4.78, 5) is 28.2. The number of nitrogens with zero attached hydrogens (tertiary/aromatic N) is 1. The topological polar surface area (TPSA) is 90.7 Å². The van der Waals surface area contributed by atoms with E-state index in [0.29, 0.717) is 34.7 Å². The van der Waals surface area contributed by atoms with Crippen LogP contribution in [-0.2, 0) is 11.3 Å². The maximum atomic E-state index is 12.2. The van der Waals surface area contributed by atoms with E-state index in [4.69, 9.17) is 13.9 Å². The van der Waals surface area contributed by atoms with Gasteiger partial charge in [-0.2, -0.15) is 0 Å². The molecule has 2 aromatic heterocycles. The summed E-state index contributed by atoms with van der Waals surface area (Å²) < 4.78 is 16.1. The molecule has 7 heteroatoms. The van der Waals surface area contributed by atoms with Gasteiger partial charge in [0.25, 0.3) is 5.91 Å². The van der Waals surface area contributed by atoms with Crippen molar-refractivity contribution >= 4 is 16.9 Å². The number of ether oxygens (including phenoxy) is 2. The number of amides is 1. The fourth-order valence-electron chi connectivity index (χ4n) is 2.83. The molecule has 0 bridgehead atoms. The molecule has 0 fully saturated rings. The Bertz CT molecular complexity index is 1070. The highest BCUT2D eigenvalue weighted by Crippen LogP contribution is 2.30. The third-order valence-corrected chi connectivity index (χ3v) is 4.51. The standard InChI is InChI=1S/C21H22N2O5/c1-12-7-16(20-13(2)14(3)21(25)28-17(20)8-12)27-11-18(24)22-9-15-5-6-19(26-4)23-10-15/h5-8,10H,9,11H2,1-4H3,(H,22,24). The van der Waals surface area contributed by atoms with Crippen LogP contribution in [0.2, 0.25) is 0 Å². The van der Waals surface area contributed by atoms with Crippen molar-refractivity contribution in [1.29, 1.82) is 0 Å². The number of rotatable bonds is 6. The number of hydrogen-bond acceptors (Lipinski definition) is 6. The summed E-state index contributed by atoms with van der Waals surface area (Å²) in [5.74, 6) is 0.764. The molecule has 1 amide bonds. The van der Waals surface area contributed by atoms with E-state index in [-0.39, 0.29) is 18.1 Å². The summed E-state index contributed by atoms with van der Waals surface area (Å²) >= 11 is 0. The first-order chi connectivity index (χ1) is 13.4. The molecule has 0 aliphatic rings. The van der Waals surface area contributed by atoms with Crippen LogP contribution in [0.1, 0.15) is 22.3 Å². The van der Waals surface area contributed by atoms with Crippen LogP contribution in [0.15, 0.2) is 39.7 Å². The number of methoxy groups -OCH3 is 1. The predicted molar refractivity (Wildman–Crippen MR) is 105 cm³/mol. The van der Waals surface area contributed by atoms with Crippen LogP contribution in [0.25, 0.3) is 11.0 Å². The van der Waals surface area contributed by atoms with E-state index < -0.39 is 0 Å². The van der Waals surface area contributed by atoms with Crippen molar-refractivity contribution in [2.75, 3.05) is 13.7 Å². The van der Waals surface area contributed by atoms with Gasteiger partial charge in [0, 0.05) is 24.4 Å². The second-order valence-corrected chi connectivity index (χ2v) is 6.55. The number of pyridine rings is 1. The number of benzene rings is 1. The molecule has 0 aliphatic heterocycles. The number of hydrogen-bond donors (Lipinski definition) is 1. The van der Waals surface area contributed by atoms with Crippen LogP contribution in [-0.4, -0.2) is 24.6 Å². The molecule has 3 rings (SSSR count). The van der Waals surface area contributed by atoms with Gasteiger partial charge in [-0.15, -0.1) is 0 Å².